The molecule has 27 heavy (non-hydrogen) atoms. The van der Waals surface area contributed by atoms with Gasteiger partial charge in [0.25, 0.3) is 11.6 Å². The Labute approximate surface area is 168 Å². The second-order valence-electron chi connectivity index (χ2n) is 6.96. The number of hydrogen-bond donors (Lipinski definition) is 1. The summed E-state index contributed by atoms with van der Waals surface area (Å²) in [6.07, 6.45) is 1.66. The Hall–Kier alpha value is -1.96. The van der Waals surface area contributed by atoms with Crippen LogP contribution >= 0.6 is 23.7 Å². The molecule has 8 heteroatoms. The number of hydrogen-bond acceptors (Lipinski definition) is 6. The number of aryl methyl sites for hydroxylation is 3. The summed E-state index contributed by atoms with van der Waals surface area (Å²) in [5.74, 6) is 0.00135. The van der Waals surface area contributed by atoms with Gasteiger partial charge in [-0.15, -0.1) is 23.7 Å². The lowest BCUT2D eigenvalue weighted by molar-refractivity contribution is 0.0716. The fourth-order valence-electron chi connectivity index (χ4n) is 3.56. The Morgan fingerprint density at radius 1 is 1.26 bits per heavy atom. The van der Waals surface area contributed by atoms with Crippen LogP contribution in [0, 0.1) is 20.8 Å². The molecule has 1 saturated heterocycles. The van der Waals surface area contributed by atoms with Crippen LogP contribution in [0.4, 0.5) is 0 Å². The first-order valence-corrected chi connectivity index (χ1v) is 9.65. The number of carbonyl (C=O) groups excluding carboxylic acids is 1. The molecule has 0 aromatic carbocycles. The fraction of sp³-hybridized carbons (Fsp3) is 0.421. The second-order valence-corrected chi connectivity index (χ2v) is 8.42. The number of rotatable bonds is 2. The van der Waals surface area contributed by atoms with Crippen molar-refractivity contribution in [1.29, 1.82) is 0 Å². The zero-order valence-corrected chi connectivity index (χ0v) is 17.2. The maximum absolute atomic E-state index is 13.2. The van der Waals surface area contributed by atoms with Crippen LogP contribution in [-0.4, -0.2) is 40.1 Å². The summed E-state index contributed by atoms with van der Waals surface area (Å²) in [5, 5.41) is 4.74. The number of thiophene rings is 1. The van der Waals surface area contributed by atoms with Gasteiger partial charge in [0, 0.05) is 34.4 Å². The number of nitrogens with zero attached hydrogens (tertiary/aromatic N) is 3. The molecular formula is C19H23ClN4O2S. The molecule has 0 atom stereocenters. The average molecular weight is 407 g/mol. The molecule has 0 unspecified atom stereocenters. The Balaban J connectivity index is 0.00000210. The molecular weight excluding hydrogens is 384 g/mol. The largest absolute Gasteiger partial charge is 0.339 e. The van der Waals surface area contributed by atoms with E-state index in [0.29, 0.717) is 35.4 Å². The number of nitrogens with two attached hydrogens (primary N) is 1. The Morgan fingerprint density at radius 3 is 2.59 bits per heavy atom. The normalized spacial score (nSPS) is 15.2. The zero-order valence-electron chi connectivity index (χ0n) is 15.6. The molecule has 4 rings (SSSR count). The van der Waals surface area contributed by atoms with Crippen LogP contribution in [0.3, 0.4) is 0 Å². The Kier molecular flexibility index (Phi) is 5.55. The van der Waals surface area contributed by atoms with Gasteiger partial charge in [-0.3, -0.25) is 4.79 Å². The van der Waals surface area contributed by atoms with Gasteiger partial charge in [0.2, 0.25) is 0 Å². The van der Waals surface area contributed by atoms with E-state index in [1.807, 2.05) is 17.9 Å². The Bertz CT molecular complexity index is 989. The van der Waals surface area contributed by atoms with Crippen molar-refractivity contribution in [3.05, 3.63) is 33.1 Å². The monoisotopic (exact) mass is 406 g/mol. The molecule has 1 aliphatic rings. The molecule has 4 heterocycles. The van der Waals surface area contributed by atoms with Crippen LogP contribution in [0.2, 0.25) is 0 Å². The third-order valence-corrected chi connectivity index (χ3v) is 5.96. The highest BCUT2D eigenvalue weighted by atomic mass is 35.5. The highest BCUT2D eigenvalue weighted by molar-refractivity contribution is 7.12. The third-order valence-electron chi connectivity index (χ3n) is 4.99. The number of halogens is 1. The molecule has 0 bridgehead atoms. The van der Waals surface area contributed by atoms with E-state index in [-0.39, 0.29) is 24.4 Å². The molecule has 6 nitrogen and oxygen atoms in total. The van der Waals surface area contributed by atoms with Crippen molar-refractivity contribution in [3.63, 3.8) is 0 Å². The minimum absolute atomic E-state index is 0. The third kappa shape index (κ3) is 3.59. The number of pyridine rings is 1. The van der Waals surface area contributed by atoms with E-state index >= 15 is 0 Å². The lowest BCUT2D eigenvalue weighted by Gasteiger charge is -2.30. The van der Waals surface area contributed by atoms with E-state index in [9.17, 15) is 4.79 Å². The predicted octanol–water partition coefficient (Wildman–Crippen LogP) is 3.86. The van der Waals surface area contributed by atoms with Gasteiger partial charge in [-0.1, -0.05) is 5.16 Å². The van der Waals surface area contributed by atoms with Gasteiger partial charge in [0.05, 0.1) is 22.3 Å². The quantitative estimate of drug-likeness (QED) is 0.698. The van der Waals surface area contributed by atoms with E-state index in [1.54, 1.807) is 11.3 Å². The molecule has 1 amide bonds. The minimum Gasteiger partial charge on any atom is -0.339 e. The first kappa shape index (κ1) is 19.8. The van der Waals surface area contributed by atoms with Crippen molar-refractivity contribution < 1.29 is 9.32 Å². The van der Waals surface area contributed by atoms with Crippen LogP contribution in [0.1, 0.15) is 38.6 Å². The van der Waals surface area contributed by atoms with Crippen molar-refractivity contribution in [2.24, 2.45) is 5.73 Å². The maximum Gasteiger partial charge on any atom is 0.259 e. The first-order valence-electron chi connectivity index (χ1n) is 8.83. The number of aromatic nitrogens is 2. The number of amides is 1. The topological polar surface area (TPSA) is 85.2 Å². The number of piperidine rings is 1. The molecule has 0 aliphatic carbocycles. The van der Waals surface area contributed by atoms with Crippen molar-refractivity contribution in [2.45, 2.75) is 39.7 Å². The van der Waals surface area contributed by atoms with Gasteiger partial charge in [0.15, 0.2) is 0 Å². The molecule has 1 aliphatic heterocycles. The standard InChI is InChI=1S/C19H22N4O2S.ClH/c1-10-8-14(12(3)26-10)16-9-15(17-11(2)22-25-18(17)21-16)19(24)23-6-4-13(20)5-7-23;/h8-9,13H,4-7,20H2,1-3H3;1H. The summed E-state index contributed by atoms with van der Waals surface area (Å²) in [6.45, 7) is 7.34. The molecule has 0 radical (unpaired) electrons. The highest BCUT2D eigenvalue weighted by Gasteiger charge is 2.26. The van der Waals surface area contributed by atoms with Crippen molar-refractivity contribution in [2.75, 3.05) is 13.1 Å². The molecule has 3 aromatic heterocycles. The lowest BCUT2D eigenvalue weighted by atomic mass is 10.0. The van der Waals surface area contributed by atoms with Gasteiger partial charge >= 0.3 is 0 Å². The van der Waals surface area contributed by atoms with Gasteiger partial charge < -0.3 is 15.2 Å². The summed E-state index contributed by atoms with van der Waals surface area (Å²) in [6, 6.07) is 4.17. The zero-order chi connectivity index (χ0) is 18.4. The number of fused-ring (bicyclic) bond motifs is 1. The lowest BCUT2D eigenvalue weighted by Crippen LogP contribution is -2.42. The summed E-state index contributed by atoms with van der Waals surface area (Å²) >= 11 is 1.72. The van der Waals surface area contributed by atoms with Crippen LogP contribution < -0.4 is 5.73 Å². The molecule has 3 aromatic rings. The Morgan fingerprint density at radius 2 is 1.96 bits per heavy atom. The van der Waals surface area contributed by atoms with Gasteiger partial charge in [-0.25, -0.2) is 4.98 Å². The van der Waals surface area contributed by atoms with E-state index in [4.69, 9.17) is 10.3 Å². The van der Waals surface area contributed by atoms with Crippen molar-refractivity contribution in [1.82, 2.24) is 15.0 Å². The first-order chi connectivity index (χ1) is 12.4. The maximum atomic E-state index is 13.2. The van der Waals surface area contributed by atoms with E-state index in [2.05, 4.69) is 30.1 Å². The second kappa shape index (κ2) is 7.58. The average Bonchev–Trinajstić information content (AvgIpc) is 3.16. The molecule has 0 spiro atoms. The van der Waals surface area contributed by atoms with Gasteiger partial charge in [0.1, 0.15) is 0 Å². The van der Waals surface area contributed by atoms with Crippen LogP contribution in [-0.2, 0) is 0 Å². The SMILES string of the molecule is Cc1cc(-c2cc(C(=O)N3CCC(N)CC3)c3c(C)noc3n2)c(C)s1.Cl. The van der Waals surface area contributed by atoms with Crippen molar-refractivity contribution >= 4 is 40.8 Å². The predicted molar refractivity (Wildman–Crippen MR) is 110 cm³/mol. The van der Waals surface area contributed by atoms with Crippen LogP contribution in [0.15, 0.2) is 16.7 Å². The minimum atomic E-state index is 0. The van der Waals surface area contributed by atoms with Gasteiger partial charge in [-0.05, 0) is 45.7 Å². The fourth-order valence-corrected chi connectivity index (χ4v) is 4.49. The molecule has 1 fully saturated rings. The number of carbonyl (C=O) groups is 1. The number of likely N-dealkylation sites (tertiary alicyclic amines) is 1. The molecule has 2 N–H and O–H groups in total. The summed E-state index contributed by atoms with van der Waals surface area (Å²) in [4.78, 5) is 22.1. The summed E-state index contributed by atoms with van der Waals surface area (Å²) in [7, 11) is 0. The van der Waals surface area contributed by atoms with Crippen molar-refractivity contribution in [3.8, 4) is 11.3 Å². The molecule has 144 valence electrons. The van der Waals surface area contributed by atoms with Gasteiger partial charge in [-0.2, -0.15) is 0 Å². The van der Waals surface area contributed by atoms with Crippen LogP contribution in [0.5, 0.6) is 0 Å². The van der Waals surface area contributed by atoms with Crippen LogP contribution in [0.25, 0.3) is 22.4 Å². The molecule has 0 saturated carbocycles. The van der Waals surface area contributed by atoms with E-state index < -0.39 is 0 Å². The summed E-state index contributed by atoms with van der Waals surface area (Å²) < 4.78 is 5.40. The highest BCUT2D eigenvalue weighted by Crippen LogP contribution is 2.33. The smallest absolute Gasteiger partial charge is 0.259 e. The van der Waals surface area contributed by atoms with E-state index in [0.717, 1.165) is 24.1 Å². The summed E-state index contributed by atoms with van der Waals surface area (Å²) in [5.41, 5.74) is 9.50. The van der Waals surface area contributed by atoms with E-state index in [1.165, 1.54) is 9.75 Å².